The monoisotopic (exact) mass is 271 g/mol. The van der Waals surface area contributed by atoms with Crippen molar-refractivity contribution in [2.75, 3.05) is 0 Å². The van der Waals surface area contributed by atoms with Crippen molar-refractivity contribution < 1.29 is 9.59 Å². The molecule has 106 valence electrons. The van der Waals surface area contributed by atoms with Gasteiger partial charge in [-0.05, 0) is 42.2 Å². The van der Waals surface area contributed by atoms with Gasteiger partial charge < -0.3 is 0 Å². The number of hydrogen-bond acceptors (Lipinski definition) is 3. The fraction of sp³-hybridized carbons (Fsp3) is 0.588. The maximum absolute atomic E-state index is 12.1. The molecule has 4 rings (SSSR count). The molecule has 3 heteroatoms. The van der Waals surface area contributed by atoms with Crippen molar-refractivity contribution in [3.8, 4) is 0 Å². The van der Waals surface area contributed by atoms with Gasteiger partial charge in [0.1, 0.15) is 11.5 Å². The molecule has 0 spiro atoms. The Labute approximate surface area is 119 Å². The van der Waals surface area contributed by atoms with E-state index in [4.69, 9.17) is 0 Å². The van der Waals surface area contributed by atoms with Crippen molar-refractivity contribution in [3.05, 3.63) is 30.1 Å². The summed E-state index contributed by atoms with van der Waals surface area (Å²) in [7, 11) is 0. The summed E-state index contributed by atoms with van der Waals surface area (Å²) >= 11 is 0. The minimum atomic E-state index is 0.0534. The average molecular weight is 271 g/mol. The van der Waals surface area contributed by atoms with Crippen LogP contribution in [0.3, 0.4) is 0 Å². The second-order valence-electron chi connectivity index (χ2n) is 6.81. The first-order valence-corrected chi connectivity index (χ1v) is 7.47. The van der Waals surface area contributed by atoms with Gasteiger partial charge in [0.2, 0.25) is 0 Å². The molecule has 3 aliphatic rings. The van der Waals surface area contributed by atoms with E-state index in [1.165, 1.54) is 6.42 Å². The van der Waals surface area contributed by atoms with Crippen LogP contribution in [0, 0.1) is 23.2 Å². The van der Waals surface area contributed by atoms with Gasteiger partial charge in [0.15, 0.2) is 5.78 Å². The highest BCUT2D eigenvalue weighted by Crippen LogP contribution is 2.61. The van der Waals surface area contributed by atoms with E-state index in [1.54, 1.807) is 18.3 Å². The van der Waals surface area contributed by atoms with Gasteiger partial charge in [-0.25, -0.2) is 0 Å². The summed E-state index contributed by atoms with van der Waals surface area (Å²) < 4.78 is 0. The van der Waals surface area contributed by atoms with Crippen LogP contribution in [0.15, 0.2) is 24.4 Å². The van der Waals surface area contributed by atoms with Crippen molar-refractivity contribution in [2.24, 2.45) is 23.2 Å². The van der Waals surface area contributed by atoms with E-state index >= 15 is 0 Å². The van der Waals surface area contributed by atoms with Gasteiger partial charge in [-0.3, -0.25) is 14.6 Å². The third kappa shape index (κ3) is 2.09. The molecule has 0 N–H and O–H groups in total. The third-order valence-electron chi connectivity index (χ3n) is 5.53. The summed E-state index contributed by atoms with van der Waals surface area (Å²) in [5.74, 6) is 1.56. The molecule has 1 heterocycles. The Morgan fingerprint density at radius 3 is 2.85 bits per heavy atom. The highest BCUT2D eigenvalue weighted by Gasteiger charge is 2.57. The van der Waals surface area contributed by atoms with E-state index in [0.29, 0.717) is 42.6 Å². The number of hydrogen-bond donors (Lipinski definition) is 0. The fourth-order valence-electron chi connectivity index (χ4n) is 4.01. The first-order chi connectivity index (χ1) is 9.50. The number of Topliss-reactive ketones (excluding diaryl/α,β-unsaturated/α-hetero) is 2. The molecule has 1 unspecified atom stereocenters. The van der Waals surface area contributed by atoms with E-state index in [0.717, 1.165) is 0 Å². The summed E-state index contributed by atoms with van der Waals surface area (Å²) in [5.41, 5.74) is 0.800. The second-order valence-corrected chi connectivity index (χ2v) is 6.81. The van der Waals surface area contributed by atoms with Gasteiger partial charge in [0, 0.05) is 25.0 Å². The SMILES string of the molecule is CC1(C)[C@H]2CC(=O)C(CCC(=O)c3ccccn3)[C@@H]1C2. The lowest BCUT2D eigenvalue weighted by molar-refractivity contribution is -0.155. The van der Waals surface area contributed by atoms with E-state index in [-0.39, 0.29) is 17.1 Å². The van der Waals surface area contributed by atoms with Crippen LogP contribution in [0.2, 0.25) is 0 Å². The Balaban J connectivity index is 1.63. The van der Waals surface area contributed by atoms with Crippen molar-refractivity contribution >= 4 is 11.6 Å². The van der Waals surface area contributed by atoms with Gasteiger partial charge in [0.05, 0.1) is 0 Å². The standard InChI is InChI=1S/C17H21NO2/c1-17(2)11-9-13(17)12(16(20)10-11)6-7-15(19)14-5-3-4-8-18-14/h3-5,8,11-13H,6-7,9-10H2,1-2H3/t11-,12?,13+/m1/s1. The molecule has 1 aromatic rings. The van der Waals surface area contributed by atoms with Crippen molar-refractivity contribution in [1.82, 2.24) is 4.98 Å². The Morgan fingerprint density at radius 1 is 1.40 bits per heavy atom. The summed E-state index contributed by atoms with van der Waals surface area (Å²) in [6.45, 7) is 4.54. The number of carbonyl (C=O) groups is 2. The summed E-state index contributed by atoms with van der Waals surface area (Å²) in [6.07, 6.45) is 4.64. The lowest BCUT2D eigenvalue weighted by Gasteiger charge is -2.59. The molecule has 0 amide bonds. The Hall–Kier alpha value is -1.51. The molecule has 3 saturated carbocycles. The van der Waals surface area contributed by atoms with Crippen LogP contribution in [0.5, 0.6) is 0 Å². The van der Waals surface area contributed by atoms with Crippen molar-refractivity contribution in [1.29, 1.82) is 0 Å². The number of aromatic nitrogens is 1. The summed E-state index contributed by atoms with van der Waals surface area (Å²) in [6, 6.07) is 5.37. The van der Waals surface area contributed by atoms with Gasteiger partial charge >= 0.3 is 0 Å². The molecule has 0 saturated heterocycles. The first kappa shape index (κ1) is 13.5. The Kier molecular flexibility index (Phi) is 3.23. The number of carbonyl (C=O) groups excluding carboxylic acids is 2. The molecule has 20 heavy (non-hydrogen) atoms. The molecular formula is C17H21NO2. The normalized spacial score (nSPS) is 30.7. The predicted octanol–water partition coefficient (Wildman–Crippen LogP) is 3.30. The van der Waals surface area contributed by atoms with Crippen LogP contribution in [0.25, 0.3) is 0 Å². The lowest BCUT2D eigenvalue weighted by atomic mass is 9.45. The molecule has 3 aliphatic carbocycles. The Morgan fingerprint density at radius 2 is 2.20 bits per heavy atom. The van der Waals surface area contributed by atoms with E-state index in [2.05, 4.69) is 18.8 Å². The number of fused-ring (bicyclic) bond motifs is 2. The van der Waals surface area contributed by atoms with Crippen LogP contribution in [0.1, 0.15) is 50.0 Å². The van der Waals surface area contributed by atoms with Crippen LogP contribution >= 0.6 is 0 Å². The van der Waals surface area contributed by atoms with Crippen LogP contribution in [0.4, 0.5) is 0 Å². The van der Waals surface area contributed by atoms with Gasteiger partial charge in [-0.1, -0.05) is 19.9 Å². The van der Waals surface area contributed by atoms with Crippen LogP contribution in [-0.4, -0.2) is 16.6 Å². The largest absolute Gasteiger partial charge is 0.299 e. The summed E-state index contributed by atoms with van der Waals surface area (Å²) in [5, 5.41) is 0. The minimum absolute atomic E-state index is 0.0534. The van der Waals surface area contributed by atoms with Crippen LogP contribution < -0.4 is 0 Å². The number of ketones is 2. The minimum Gasteiger partial charge on any atom is -0.299 e. The highest BCUT2D eigenvalue weighted by atomic mass is 16.1. The van der Waals surface area contributed by atoms with Gasteiger partial charge in [-0.2, -0.15) is 0 Å². The van der Waals surface area contributed by atoms with Crippen molar-refractivity contribution in [2.45, 2.75) is 39.5 Å². The molecule has 3 nitrogen and oxygen atoms in total. The van der Waals surface area contributed by atoms with Gasteiger partial charge in [-0.15, -0.1) is 0 Å². The quantitative estimate of drug-likeness (QED) is 0.789. The molecular weight excluding hydrogens is 250 g/mol. The topological polar surface area (TPSA) is 47.0 Å². The zero-order valence-corrected chi connectivity index (χ0v) is 12.1. The molecule has 3 atom stereocenters. The maximum Gasteiger partial charge on any atom is 0.181 e. The van der Waals surface area contributed by atoms with Crippen molar-refractivity contribution in [3.63, 3.8) is 0 Å². The third-order valence-corrected chi connectivity index (χ3v) is 5.53. The van der Waals surface area contributed by atoms with E-state index in [9.17, 15) is 9.59 Å². The number of rotatable bonds is 4. The first-order valence-electron chi connectivity index (χ1n) is 7.47. The van der Waals surface area contributed by atoms with Crippen LogP contribution in [-0.2, 0) is 4.79 Å². The molecule has 1 aromatic heterocycles. The molecule has 0 radical (unpaired) electrons. The highest BCUT2D eigenvalue weighted by molar-refractivity contribution is 5.94. The second kappa shape index (κ2) is 4.80. The number of pyridine rings is 1. The smallest absolute Gasteiger partial charge is 0.181 e. The molecule has 3 fully saturated rings. The zero-order valence-electron chi connectivity index (χ0n) is 12.1. The predicted molar refractivity (Wildman–Crippen MR) is 76.3 cm³/mol. The molecule has 0 aliphatic heterocycles. The summed E-state index contributed by atoms with van der Waals surface area (Å²) in [4.78, 5) is 28.3. The maximum atomic E-state index is 12.1. The Bertz CT molecular complexity index is 535. The lowest BCUT2D eigenvalue weighted by Crippen LogP contribution is -2.56. The van der Waals surface area contributed by atoms with E-state index < -0.39 is 0 Å². The number of nitrogens with zero attached hydrogens (tertiary/aromatic N) is 1. The van der Waals surface area contributed by atoms with E-state index in [1.807, 2.05) is 6.07 Å². The molecule has 0 aromatic carbocycles. The zero-order chi connectivity index (χ0) is 14.3. The fourth-order valence-corrected chi connectivity index (χ4v) is 4.01. The van der Waals surface area contributed by atoms with Gasteiger partial charge in [0.25, 0.3) is 0 Å². The average Bonchev–Trinajstić information content (AvgIpc) is 2.46. The molecule has 2 bridgehead atoms.